The van der Waals surface area contributed by atoms with Gasteiger partial charge in [0.25, 0.3) is 0 Å². The second-order valence-electron chi connectivity index (χ2n) is 3.85. The summed E-state index contributed by atoms with van der Waals surface area (Å²) >= 11 is 0. The molecule has 1 saturated carbocycles. The maximum Gasteiger partial charge on any atom is 0.306 e. The quantitative estimate of drug-likeness (QED) is 0.732. The Balaban J connectivity index is 2.58. The van der Waals surface area contributed by atoms with Gasteiger partial charge >= 0.3 is 5.97 Å². The van der Waals surface area contributed by atoms with E-state index in [4.69, 9.17) is 9.84 Å². The zero-order valence-electron chi connectivity index (χ0n) is 8.32. The summed E-state index contributed by atoms with van der Waals surface area (Å²) in [5.41, 5.74) is 0. The number of methoxy groups -OCH3 is 1. The van der Waals surface area contributed by atoms with Crippen molar-refractivity contribution in [3.05, 3.63) is 0 Å². The van der Waals surface area contributed by atoms with Crippen LogP contribution in [0.25, 0.3) is 0 Å². The molecule has 76 valence electrons. The molecule has 0 heterocycles. The molecule has 3 heteroatoms. The van der Waals surface area contributed by atoms with Gasteiger partial charge in [-0.05, 0) is 18.8 Å². The third kappa shape index (κ3) is 2.44. The Morgan fingerprint density at radius 1 is 1.46 bits per heavy atom. The smallest absolute Gasteiger partial charge is 0.306 e. The Hall–Kier alpha value is -0.570. The van der Waals surface area contributed by atoms with Crippen molar-refractivity contribution in [3.63, 3.8) is 0 Å². The predicted octanol–water partition coefficient (Wildman–Crippen LogP) is 1.91. The van der Waals surface area contributed by atoms with Crippen molar-refractivity contribution in [1.29, 1.82) is 0 Å². The molecule has 1 fully saturated rings. The fourth-order valence-electron chi connectivity index (χ4n) is 2.17. The van der Waals surface area contributed by atoms with Gasteiger partial charge in [0.1, 0.15) is 0 Å². The summed E-state index contributed by atoms with van der Waals surface area (Å²) in [6, 6.07) is 0. The van der Waals surface area contributed by atoms with Gasteiger partial charge in [-0.3, -0.25) is 4.79 Å². The molecule has 1 aliphatic carbocycles. The highest BCUT2D eigenvalue weighted by Gasteiger charge is 2.32. The van der Waals surface area contributed by atoms with Crippen molar-refractivity contribution in [2.75, 3.05) is 7.11 Å². The number of carbonyl (C=O) groups is 1. The fraction of sp³-hybridized carbons (Fsp3) is 0.900. The zero-order chi connectivity index (χ0) is 9.84. The normalized spacial score (nSPS) is 31.2. The molecule has 0 aliphatic heterocycles. The molecule has 0 amide bonds. The number of aliphatic carboxylic acids is 1. The molecular weight excluding hydrogens is 168 g/mol. The molecule has 0 aromatic rings. The van der Waals surface area contributed by atoms with Crippen LogP contribution in [0.1, 0.15) is 32.6 Å². The van der Waals surface area contributed by atoms with E-state index in [9.17, 15) is 4.79 Å². The topological polar surface area (TPSA) is 46.5 Å². The van der Waals surface area contributed by atoms with Crippen molar-refractivity contribution in [2.24, 2.45) is 11.8 Å². The van der Waals surface area contributed by atoms with Crippen molar-refractivity contribution in [2.45, 2.75) is 38.7 Å². The summed E-state index contributed by atoms with van der Waals surface area (Å²) < 4.78 is 5.31. The lowest BCUT2D eigenvalue weighted by molar-refractivity contribution is -0.146. The summed E-state index contributed by atoms with van der Waals surface area (Å²) in [7, 11) is 1.68. The maximum atomic E-state index is 10.8. The maximum absolute atomic E-state index is 10.8. The van der Waals surface area contributed by atoms with Crippen LogP contribution in [0.4, 0.5) is 0 Å². The number of hydrogen-bond donors (Lipinski definition) is 1. The highest BCUT2D eigenvalue weighted by Crippen LogP contribution is 2.32. The minimum atomic E-state index is -0.700. The number of carboxylic acids is 1. The van der Waals surface area contributed by atoms with Crippen LogP contribution in [0, 0.1) is 11.8 Å². The number of carboxylic acid groups (broad SMARTS) is 1. The third-order valence-electron chi connectivity index (χ3n) is 3.09. The second kappa shape index (κ2) is 4.61. The van der Waals surface area contributed by atoms with E-state index < -0.39 is 5.97 Å². The predicted molar refractivity (Wildman–Crippen MR) is 49.6 cm³/mol. The average Bonchev–Trinajstić information content (AvgIpc) is 2.16. The second-order valence-corrected chi connectivity index (χ2v) is 3.85. The molecular formula is C10H18O3. The van der Waals surface area contributed by atoms with Gasteiger partial charge in [0.15, 0.2) is 0 Å². The van der Waals surface area contributed by atoms with Gasteiger partial charge in [0.05, 0.1) is 12.0 Å². The lowest BCUT2D eigenvalue weighted by Crippen LogP contribution is -2.34. The first kappa shape index (κ1) is 10.5. The van der Waals surface area contributed by atoms with Crippen LogP contribution in [0.5, 0.6) is 0 Å². The minimum absolute atomic E-state index is 0.153. The molecule has 0 spiro atoms. The summed E-state index contributed by atoms with van der Waals surface area (Å²) in [5, 5.41) is 8.89. The highest BCUT2D eigenvalue weighted by molar-refractivity contribution is 5.69. The van der Waals surface area contributed by atoms with Gasteiger partial charge in [0, 0.05) is 7.11 Å². The van der Waals surface area contributed by atoms with Gasteiger partial charge < -0.3 is 9.84 Å². The summed E-state index contributed by atoms with van der Waals surface area (Å²) in [6.45, 7) is 1.78. The Kier molecular flexibility index (Phi) is 3.72. The summed E-state index contributed by atoms with van der Waals surface area (Å²) in [4.78, 5) is 10.8. The Labute approximate surface area is 79.1 Å². The molecule has 3 nitrogen and oxygen atoms in total. The van der Waals surface area contributed by atoms with Gasteiger partial charge in [-0.2, -0.15) is 0 Å². The van der Waals surface area contributed by atoms with Gasteiger partial charge in [-0.15, -0.1) is 0 Å². The Morgan fingerprint density at radius 2 is 2.08 bits per heavy atom. The lowest BCUT2D eigenvalue weighted by Gasteiger charge is -2.32. The molecule has 1 aliphatic rings. The minimum Gasteiger partial charge on any atom is -0.481 e. The largest absolute Gasteiger partial charge is 0.481 e. The zero-order valence-corrected chi connectivity index (χ0v) is 8.32. The summed E-state index contributed by atoms with van der Waals surface area (Å²) in [6.07, 6.45) is 4.47. The number of rotatable bonds is 3. The highest BCUT2D eigenvalue weighted by atomic mass is 16.5. The molecule has 3 atom stereocenters. The summed E-state index contributed by atoms with van der Waals surface area (Å²) in [5.74, 6) is -0.768. The SMILES string of the molecule is COC1CCCCC1C(C)C(=O)O. The van der Waals surface area contributed by atoms with Crippen LogP contribution in [-0.2, 0) is 9.53 Å². The standard InChI is InChI=1S/C10H18O3/c1-7(10(11)12)8-5-3-4-6-9(8)13-2/h7-9H,3-6H2,1-2H3,(H,11,12). The van der Waals surface area contributed by atoms with E-state index in [0.29, 0.717) is 0 Å². The fourth-order valence-corrected chi connectivity index (χ4v) is 2.17. The lowest BCUT2D eigenvalue weighted by atomic mass is 9.78. The molecule has 0 aromatic heterocycles. The Morgan fingerprint density at radius 3 is 2.62 bits per heavy atom. The van der Waals surface area contributed by atoms with Crippen molar-refractivity contribution >= 4 is 5.97 Å². The molecule has 13 heavy (non-hydrogen) atoms. The van der Waals surface area contributed by atoms with Gasteiger partial charge in [-0.1, -0.05) is 19.8 Å². The molecule has 0 saturated heterocycles. The van der Waals surface area contributed by atoms with Gasteiger partial charge in [0.2, 0.25) is 0 Å². The van der Waals surface area contributed by atoms with Crippen LogP contribution in [0.15, 0.2) is 0 Å². The number of hydrogen-bond acceptors (Lipinski definition) is 2. The van der Waals surface area contributed by atoms with E-state index >= 15 is 0 Å². The third-order valence-corrected chi connectivity index (χ3v) is 3.09. The molecule has 1 N–H and O–H groups in total. The van der Waals surface area contributed by atoms with Crippen molar-refractivity contribution < 1.29 is 14.6 Å². The van der Waals surface area contributed by atoms with Crippen molar-refractivity contribution in [1.82, 2.24) is 0 Å². The molecule has 1 rings (SSSR count). The average molecular weight is 186 g/mol. The Bertz CT molecular complexity index is 179. The van der Waals surface area contributed by atoms with E-state index in [0.717, 1.165) is 19.3 Å². The molecule has 0 aromatic carbocycles. The first-order chi connectivity index (χ1) is 6.16. The van der Waals surface area contributed by atoms with Crippen LogP contribution in [-0.4, -0.2) is 24.3 Å². The van der Waals surface area contributed by atoms with E-state index in [-0.39, 0.29) is 17.9 Å². The van der Waals surface area contributed by atoms with Crippen molar-refractivity contribution in [3.8, 4) is 0 Å². The number of ether oxygens (including phenoxy) is 1. The first-order valence-corrected chi connectivity index (χ1v) is 4.92. The van der Waals surface area contributed by atoms with Crippen LogP contribution in [0.2, 0.25) is 0 Å². The van der Waals surface area contributed by atoms with E-state index in [2.05, 4.69) is 0 Å². The van der Waals surface area contributed by atoms with E-state index in [1.807, 2.05) is 0 Å². The molecule has 0 radical (unpaired) electrons. The molecule has 0 bridgehead atoms. The van der Waals surface area contributed by atoms with Crippen LogP contribution >= 0.6 is 0 Å². The van der Waals surface area contributed by atoms with Gasteiger partial charge in [-0.25, -0.2) is 0 Å². The first-order valence-electron chi connectivity index (χ1n) is 4.92. The van der Waals surface area contributed by atoms with Crippen LogP contribution in [0.3, 0.4) is 0 Å². The van der Waals surface area contributed by atoms with E-state index in [1.165, 1.54) is 6.42 Å². The molecule has 3 unspecified atom stereocenters. The van der Waals surface area contributed by atoms with E-state index in [1.54, 1.807) is 14.0 Å². The monoisotopic (exact) mass is 186 g/mol. The van der Waals surface area contributed by atoms with Crippen LogP contribution < -0.4 is 0 Å².